The zero-order chi connectivity index (χ0) is 16.2. The molecule has 1 aliphatic carbocycles. The number of oxazole rings is 1. The summed E-state index contributed by atoms with van der Waals surface area (Å²) in [6, 6.07) is 7.22. The second-order valence-corrected chi connectivity index (χ2v) is 6.09. The number of rotatable bonds is 5. The van der Waals surface area contributed by atoms with Crippen molar-refractivity contribution in [3.8, 4) is 11.3 Å². The Balaban J connectivity index is 1.72. The van der Waals surface area contributed by atoms with E-state index in [1.54, 1.807) is 19.2 Å². The molecule has 3 rings (SSSR count). The minimum absolute atomic E-state index is 0.218. The van der Waals surface area contributed by atoms with E-state index in [2.05, 4.69) is 10.3 Å². The van der Waals surface area contributed by atoms with Crippen molar-refractivity contribution < 1.29 is 13.9 Å². The predicted octanol–water partition coefficient (Wildman–Crippen LogP) is 3.54. The minimum Gasteiger partial charge on any atom is -0.443 e. The molecule has 0 spiro atoms. The van der Waals surface area contributed by atoms with Gasteiger partial charge in [0.2, 0.25) is 0 Å². The molecule has 0 radical (unpaired) electrons. The standard InChI is InChI=1S/C17H19ClN2O3/c1-22-14-8-4-5-11(14)9-19-17(21)15-16(23-10-20-15)12-6-2-3-7-13(12)18/h2-3,6-7,10-11,14H,4-5,8-9H2,1H3,(H,19,21)/t11-,14+/m1/s1. The zero-order valence-electron chi connectivity index (χ0n) is 12.9. The van der Waals surface area contributed by atoms with E-state index in [9.17, 15) is 4.79 Å². The zero-order valence-corrected chi connectivity index (χ0v) is 13.7. The number of amides is 1. The summed E-state index contributed by atoms with van der Waals surface area (Å²) in [6.07, 6.45) is 4.73. The summed E-state index contributed by atoms with van der Waals surface area (Å²) in [5.41, 5.74) is 0.914. The van der Waals surface area contributed by atoms with E-state index in [4.69, 9.17) is 20.8 Å². The van der Waals surface area contributed by atoms with Gasteiger partial charge in [0.05, 0.1) is 11.1 Å². The average molecular weight is 335 g/mol. The molecular formula is C17H19ClN2O3. The van der Waals surface area contributed by atoms with Gasteiger partial charge >= 0.3 is 0 Å². The van der Waals surface area contributed by atoms with Crippen LogP contribution in [-0.4, -0.2) is 30.6 Å². The Labute approximate surface area is 140 Å². The molecule has 2 aromatic rings. The molecule has 0 bridgehead atoms. The van der Waals surface area contributed by atoms with Crippen LogP contribution < -0.4 is 5.32 Å². The highest BCUT2D eigenvalue weighted by atomic mass is 35.5. The smallest absolute Gasteiger partial charge is 0.273 e. The van der Waals surface area contributed by atoms with Crippen LogP contribution in [0.5, 0.6) is 0 Å². The second-order valence-electron chi connectivity index (χ2n) is 5.69. The van der Waals surface area contributed by atoms with Gasteiger partial charge in [-0.1, -0.05) is 30.2 Å². The summed E-state index contributed by atoms with van der Waals surface area (Å²) < 4.78 is 10.8. The van der Waals surface area contributed by atoms with Crippen LogP contribution in [0.15, 0.2) is 35.1 Å². The second kappa shape index (κ2) is 7.15. The first-order valence-corrected chi connectivity index (χ1v) is 8.08. The highest BCUT2D eigenvalue weighted by Gasteiger charge is 2.28. The number of carbonyl (C=O) groups is 1. The van der Waals surface area contributed by atoms with Gasteiger partial charge in [-0.2, -0.15) is 0 Å². The molecule has 1 N–H and O–H groups in total. The van der Waals surface area contributed by atoms with Crippen LogP contribution >= 0.6 is 11.6 Å². The van der Waals surface area contributed by atoms with Crippen molar-refractivity contribution in [2.24, 2.45) is 5.92 Å². The third-order valence-corrected chi connectivity index (χ3v) is 4.65. The summed E-state index contributed by atoms with van der Waals surface area (Å²) in [6.45, 7) is 0.576. The van der Waals surface area contributed by atoms with Gasteiger partial charge in [0, 0.05) is 25.1 Å². The molecule has 1 fully saturated rings. The maximum absolute atomic E-state index is 12.4. The Morgan fingerprint density at radius 1 is 1.43 bits per heavy atom. The molecule has 0 saturated heterocycles. The minimum atomic E-state index is -0.254. The summed E-state index contributed by atoms with van der Waals surface area (Å²) in [7, 11) is 1.72. The summed E-state index contributed by atoms with van der Waals surface area (Å²) in [4.78, 5) is 16.5. The molecule has 6 heteroatoms. The number of nitrogens with zero attached hydrogens (tertiary/aromatic N) is 1. The van der Waals surface area contributed by atoms with E-state index < -0.39 is 0 Å². The number of ether oxygens (including phenoxy) is 1. The maximum Gasteiger partial charge on any atom is 0.273 e. The number of halogens is 1. The van der Waals surface area contributed by atoms with E-state index in [-0.39, 0.29) is 17.7 Å². The van der Waals surface area contributed by atoms with E-state index in [0.29, 0.717) is 28.8 Å². The quantitative estimate of drug-likeness (QED) is 0.908. The van der Waals surface area contributed by atoms with E-state index in [0.717, 1.165) is 19.3 Å². The SMILES string of the molecule is CO[C@H]1CCC[C@@H]1CNC(=O)c1ncoc1-c1ccccc1Cl. The third-order valence-electron chi connectivity index (χ3n) is 4.32. The number of methoxy groups -OCH3 is 1. The van der Waals surface area contributed by atoms with Gasteiger partial charge < -0.3 is 14.5 Å². The fraction of sp³-hybridized carbons (Fsp3) is 0.412. The van der Waals surface area contributed by atoms with Crippen molar-refractivity contribution in [1.29, 1.82) is 0 Å². The number of benzene rings is 1. The first-order valence-electron chi connectivity index (χ1n) is 7.70. The molecular weight excluding hydrogens is 316 g/mol. The topological polar surface area (TPSA) is 64.4 Å². The van der Waals surface area contributed by atoms with Gasteiger partial charge in [-0.15, -0.1) is 0 Å². The van der Waals surface area contributed by atoms with E-state index >= 15 is 0 Å². The van der Waals surface area contributed by atoms with Crippen molar-refractivity contribution in [3.63, 3.8) is 0 Å². The molecule has 1 aromatic carbocycles. The van der Waals surface area contributed by atoms with Crippen molar-refractivity contribution >= 4 is 17.5 Å². The van der Waals surface area contributed by atoms with Gasteiger partial charge in [-0.3, -0.25) is 4.79 Å². The lowest BCUT2D eigenvalue weighted by molar-refractivity contribution is 0.0683. The van der Waals surface area contributed by atoms with Gasteiger partial charge in [0.1, 0.15) is 0 Å². The van der Waals surface area contributed by atoms with Crippen LogP contribution in [0.25, 0.3) is 11.3 Å². The predicted molar refractivity (Wildman–Crippen MR) is 87.4 cm³/mol. The molecule has 122 valence electrons. The molecule has 0 aliphatic heterocycles. The third kappa shape index (κ3) is 3.41. The van der Waals surface area contributed by atoms with Gasteiger partial charge in [-0.05, 0) is 25.0 Å². The number of carbonyl (C=O) groups excluding carboxylic acids is 1. The van der Waals surface area contributed by atoms with Gasteiger partial charge in [-0.25, -0.2) is 4.98 Å². The van der Waals surface area contributed by atoms with Gasteiger partial charge in [0.15, 0.2) is 17.8 Å². The lowest BCUT2D eigenvalue weighted by Gasteiger charge is -2.18. The van der Waals surface area contributed by atoms with E-state index in [1.807, 2.05) is 12.1 Å². The molecule has 23 heavy (non-hydrogen) atoms. The number of aromatic nitrogens is 1. The Bertz CT molecular complexity index is 686. The van der Waals surface area contributed by atoms with Crippen LogP contribution in [-0.2, 0) is 4.74 Å². The van der Waals surface area contributed by atoms with Crippen molar-refractivity contribution in [3.05, 3.63) is 41.4 Å². The highest BCUT2D eigenvalue weighted by molar-refractivity contribution is 6.33. The Hall–Kier alpha value is -1.85. The number of hydrogen-bond donors (Lipinski definition) is 1. The molecule has 5 nitrogen and oxygen atoms in total. The van der Waals surface area contributed by atoms with Crippen molar-refractivity contribution in [2.45, 2.75) is 25.4 Å². The lowest BCUT2D eigenvalue weighted by Crippen LogP contribution is -2.33. The largest absolute Gasteiger partial charge is 0.443 e. The summed E-state index contributed by atoms with van der Waals surface area (Å²) >= 11 is 6.17. The summed E-state index contributed by atoms with van der Waals surface area (Å²) in [5.74, 6) is 0.484. The maximum atomic E-state index is 12.4. The average Bonchev–Trinajstić information content (AvgIpc) is 3.21. The number of nitrogens with one attached hydrogen (secondary N) is 1. The van der Waals surface area contributed by atoms with Crippen LogP contribution in [0.4, 0.5) is 0 Å². The molecule has 1 aliphatic rings. The molecule has 1 aromatic heterocycles. The Morgan fingerprint density at radius 2 is 2.26 bits per heavy atom. The normalized spacial score (nSPS) is 20.6. The molecule has 1 amide bonds. The van der Waals surface area contributed by atoms with Crippen molar-refractivity contribution in [1.82, 2.24) is 10.3 Å². The summed E-state index contributed by atoms with van der Waals surface area (Å²) in [5, 5.41) is 3.46. The van der Waals surface area contributed by atoms with E-state index in [1.165, 1.54) is 6.39 Å². The number of hydrogen-bond acceptors (Lipinski definition) is 4. The molecule has 1 saturated carbocycles. The Morgan fingerprint density at radius 3 is 3.04 bits per heavy atom. The fourth-order valence-electron chi connectivity index (χ4n) is 3.10. The monoisotopic (exact) mass is 334 g/mol. The van der Waals surface area contributed by atoms with Crippen LogP contribution in [0.2, 0.25) is 5.02 Å². The fourth-order valence-corrected chi connectivity index (χ4v) is 3.32. The first-order chi connectivity index (χ1) is 11.2. The van der Waals surface area contributed by atoms with Gasteiger partial charge in [0.25, 0.3) is 5.91 Å². The Kier molecular flexibility index (Phi) is 4.98. The van der Waals surface area contributed by atoms with Crippen LogP contribution in [0.3, 0.4) is 0 Å². The van der Waals surface area contributed by atoms with Crippen molar-refractivity contribution in [2.75, 3.05) is 13.7 Å². The first kappa shape index (κ1) is 16.0. The highest BCUT2D eigenvalue weighted by Crippen LogP contribution is 2.30. The van der Waals surface area contributed by atoms with Crippen LogP contribution in [0, 0.1) is 5.92 Å². The van der Waals surface area contributed by atoms with Crippen LogP contribution in [0.1, 0.15) is 29.8 Å². The molecule has 0 unspecified atom stereocenters. The molecule has 2 atom stereocenters. The molecule has 1 heterocycles. The lowest BCUT2D eigenvalue weighted by atomic mass is 10.1.